The van der Waals surface area contributed by atoms with Crippen LogP contribution in [0.2, 0.25) is 0 Å². The lowest BCUT2D eigenvalue weighted by molar-refractivity contribution is -0.132. The van der Waals surface area contributed by atoms with Gasteiger partial charge in [-0.2, -0.15) is 0 Å². The van der Waals surface area contributed by atoms with Gasteiger partial charge in [-0.15, -0.1) is 0 Å². The van der Waals surface area contributed by atoms with Gasteiger partial charge in [-0.1, -0.05) is 19.8 Å². The van der Waals surface area contributed by atoms with E-state index in [0.29, 0.717) is 0 Å². The van der Waals surface area contributed by atoms with Crippen molar-refractivity contribution >= 4 is 11.9 Å². The van der Waals surface area contributed by atoms with E-state index in [9.17, 15) is 9.59 Å². The lowest BCUT2D eigenvalue weighted by Crippen LogP contribution is -2.37. The number of carboxylic acid groups (broad SMARTS) is 1. The molecule has 0 aromatic heterocycles. The summed E-state index contributed by atoms with van der Waals surface area (Å²) in [6.07, 6.45) is 6.55. The molecular weight excluding hydrogens is 206 g/mol. The van der Waals surface area contributed by atoms with Crippen LogP contribution in [-0.4, -0.2) is 35.0 Å². The van der Waals surface area contributed by atoms with Crippen molar-refractivity contribution in [3.63, 3.8) is 0 Å². The zero-order chi connectivity index (χ0) is 12.0. The van der Waals surface area contributed by atoms with E-state index in [4.69, 9.17) is 5.11 Å². The minimum absolute atomic E-state index is 0.183. The van der Waals surface area contributed by atoms with Crippen LogP contribution in [0.15, 0.2) is 12.2 Å². The van der Waals surface area contributed by atoms with Gasteiger partial charge in [0, 0.05) is 25.2 Å². The van der Waals surface area contributed by atoms with Crippen LogP contribution in [0.1, 0.15) is 32.6 Å². The molecule has 0 aromatic rings. The fourth-order valence-corrected chi connectivity index (χ4v) is 2.10. The third-order valence-electron chi connectivity index (χ3n) is 2.99. The second-order valence-corrected chi connectivity index (χ2v) is 4.23. The normalized spacial score (nSPS) is 17.9. The van der Waals surface area contributed by atoms with Crippen molar-refractivity contribution in [2.24, 2.45) is 5.92 Å². The summed E-state index contributed by atoms with van der Waals surface area (Å²) in [7, 11) is 0. The molecule has 1 heterocycles. The average molecular weight is 225 g/mol. The van der Waals surface area contributed by atoms with E-state index in [-0.39, 0.29) is 5.91 Å². The van der Waals surface area contributed by atoms with Crippen LogP contribution < -0.4 is 0 Å². The number of carbonyl (C=O) groups is 2. The first-order valence-corrected chi connectivity index (χ1v) is 5.83. The van der Waals surface area contributed by atoms with Gasteiger partial charge in [-0.25, -0.2) is 4.79 Å². The van der Waals surface area contributed by atoms with E-state index >= 15 is 0 Å². The maximum Gasteiger partial charge on any atom is 0.328 e. The second-order valence-electron chi connectivity index (χ2n) is 4.23. The van der Waals surface area contributed by atoms with Crippen molar-refractivity contribution in [2.45, 2.75) is 32.6 Å². The number of hydrogen-bond donors (Lipinski definition) is 1. The number of rotatable bonds is 4. The van der Waals surface area contributed by atoms with Crippen molar-refractivity contribution in [1.82, 2.24) is 4.90 Å². The Hall–Kier alpha value is -1.32. The van der Waals surface area contributed by atoms with Crippen LogP contribution in [-0.2, 0) is 9.59 Å². The molecule has 0 aromatic carbocycles. The van der Waals surface area contributed by atoms with Crippen molar-refractivity contribution in [3.8, 4) is 0 Å². The fraction of sp³-hybridized carbons (Fsp3) is 0.667. The topological polar surface area (TPSA) is 57.6 Å². The number of carboxylic acids is 1. The molecule has 0 saturated carbocycles. The summed E-state index contributed by atoms with van der Waals surface area (Å²) in [5.74, 6) is -0.524. The van der Waals surface area contributed by atoms with Crippen molar-refractivity contribution < 1.29 is 14.7 Å². The predicted octanol–water partition coefficient (Wildman–Crippen LogP) is 1.67. The molecule has 1 aliphatic heterocycles. The van der Waals surface area contributed by atoms with E-state index in [0.717, 1.165) is 44.0 Å². The molecule has 0 unspecified atom stereocenters. The Bertz CT molecular complexity index is 278. The summed E-state index contributed by atoms with van der Waals surface area (Å²) in [6, 6.07) is 0. The smallest absolute Gasteiger partial charge is 0.328 e. The predicted molar refractivity (Wildman–Crippen MR) is 61.0 cm³/mol. The molecule has 16 heavy (non-hydrogen) atoms. The summed E-state index contributed by atoms with van der Waals surface area (Å²) in [5.41, 5.74) is 0. The molecule has 1 N–H and O–H groups in total. The lowest BCUT2D eigenvalue weighted by atomic mass is 9.92. The molecule has 0 atom stereocenters. The maximum absolute atomic E-state index is 11.5. The van der Waals surface area contributed by atoms with Gasteiger partial charge >= 0.3 is 5.97 Å². The van der Waals surface area contributed by atoms with Gasteiger partial charge in [0.05, 0.1) is 0 Å². The Morgan fingerprint density at radius 2 is 1.94 bits per heavy atom. The van der Waals surface area contributed by atoms with Gasteiger partial charge in [0.2, 0.25) is 5.91 Å². The molecule has 4 heteroatoms. The second kappa shape index (κ2) is 6.30. The standard InChI is InChI=1S/C12H19NO3/c1-2-3-10-6-8-13(9-7-10)11(14)4-5-12(15)16/h4-5,10H,2-3,6-9H2,1H3,(H,15,16). The molecule has 0 radical (unpaired) electrons. The zero-order valence-corrected chi connectivity index (χ0v) is 9.69. The molecule has 0 bridgehead atoms. The number of piperidine rings is 1. The zero-order valence-electron chi connectivity index (χ0n) is 9.69. The van der Waals surface area contributed by atoms with Crippen molar-refractivity contribution in [3.05, 3.63) is 12.2 Å². The highest BCUT2D eigenvalue weighted by molar-refractivity contribution is 5.93. The van der Waals surface area contributed by atoms with Crippen LogP contribution in [0.5, 0.6) is 0 Å². The van der Waals surface area contributed by atoms with Crippen molar-refractivity contribution in [1.29, 1.82) is 0 Å². The monoisotopic (exact) mass is 225 g/mol. The summed E-state index contributed by atoms with van der Waals surface area (Å²) in [5, 5.41) is 8.42. The SMILES string of the molecule is CCCC1CCN(C(=O)C=CC(=O)O)CC1. The van der Waals surface area contributed by atoms with Crippen LogP contribution >= 0.6 is 0 Å². The first-order valence-electron chi connectivity index (χ1n) is 5.83. The van der Waals surface area contributed by atoms with E-state index in [1.165, 1.54) is 12.8 Å². The molecule has 1 saturated heterocycles. The van der Waals surface area contributed by atoms with E-state index < -0.39 is 5.97 Å². The van der Waals surface area contributed by atoms with Crippen molar-refractivity contribution in [2.75, 3.05) is 13.1 Å². The lowest BCUT2D eigenvalue weighted by Gasteiger charge is -2.31. The first kappa shape index (κ1) is 12.7. The minimum atomic E-state index is -1.07. The summed E-state index contributed by atoms with van der Waals surface area (Å²) in [6.45, 7) is 3.69. The highest BCUT2D eigenvalue weighted by atomic mass is 16.4. The van der Waals surface area contributed by atoms with Gasteiger partial charge < -0.3 is 10.0 Å². The summed E-state index contributed by atoms with van der Waals surface area (Å²) in [4.78, 5) is 23.5. The van der Waals surface area contributed by atoms with Gasteiger partial charge in [0.1, 0.15) is 0 Å². The maximum atomic E-state index is 11.5. The Kier molecular flexibility index (Phi) is 5.02. The molecule has 1 amide bonds. The number of aliphatic carboxylic acids is 1. The van der Waals surface area contributed by atoms with Gasteiger partial charge in [-0.3, -0.25) is 4.79 Å². The number of carbonyl (C=O) groups excluding carboxylic acids is 1. The molecule has 1 rings (SSSR count). The quantitative estimate of drug-likeness (QED) is 0.740. The Balaban J connectivity index is 2.35. The number of likely N-dealkylation sites (tertiary alicyclic amines) is 1. The minimum Gasteiger partial charge on any atom is -0.478 e. The Labute approximate surface area is 95.9 Å². The number of amides is 1. The molecule has 1 fully saturated rings. The number of hydrogen-bond acceptors (Lipinski definition) is 2. The third-order valence-corrected chi connectivity index (χ3v) is 2.99. The molecule has 4 nitrogen and oxygen atoms in total. The molecule has 1 aliphatic rings. The van der Waals surface area contributed by atoms with Gasteiger partial charge in [0.15, 0.2) is 0 Å². The number of nitrogens with zero attached hydrogens (tertiary/aromatic N) is 1. The summed E-state index contributed by atoms with van der Waals surface area (Å²) < 4.78 is 0. The molecular formula is C12H19NO3. The van der Waals surface area contributed by atoms with Crippen LogP contribution in [0.3, 0.4) is 0 Å². The Morgan fingerprint density at radius 3 is 2.44 bits per heavy atom. The van der Waals surface area contributed by atoms with Gasteiger partial charge in [-0.05, 0) is 18.8 Å². The highest BCUT2D eigenvalue weighted by Crippen LogP contribution is 2.21. The highest BCUT2D eigenvalue weighted by Gasteiger charge is 2.20. The molecule has 0 spiro atoms. The fourth-order valence-electron chi connectivity index (χ4n) is 2.10. The first-order chi connectivity index (χ1) is 7.63. The van der Waals surface area contributed by atoms with Gasteiger partial charge in [0.25, 0.3) is 0 Å². The van der Waals surface area contributed by atoms with Crippen LogP contribution in [0, 0.1) is 5.92 Å². The third kappa shape index (κ3) is 4.04. The molecule has 90 valence electrons. The van der Waals surface area contributed by atoms with E-state index in [1.54, 1.807) is 4.90 Å². The van der Waals surface area contributed by atoms with E-state index in [2.05, 4.69) is 6.92 Å². The van der Waals surface area contributed by atoms with E-state index in [1.807, 2.05) is 0 Å². The van der Waals surface area contributed by atoms with Crippen LogP contribution in [0.4, 0.5) is 0 Å². The average Bonchev–Trinajstić information content (AvgIpc) is 2.27. The largest absolute Gasteiger partial charge is 0.478 e. The molecule has 0 aliphatic carbocycles. The Morgan fingerprint density at radius 1 is 1.31 bits per heavy atom. The van der Waals surface area contributed by atoms with Crippen LogP contribution in [0.25, 0.3) is 0 Å². The summed E-state index contributed by atoms with van der Waals surface area (Å²) >= 11 is 0.